The predicted molar refractivity (Wildman–Crippen MR) is 94.3 cm³/mol. The van der Waals surface area contributed by atoms with Crippen LogP contribution in [0.5, 0.6) is 0 Å². The third-order valence-electron chi connectivity index (χ3n) is 3.70. The van der Waals surface area contributed by atoms with Gasteiger partial charge in [-0.25, -0.2) is 9.78 Å². The number of para-hydroxylation sites is 2. The summed E-state index contributed by atoms with van der Waals surface area (Å²) in [5.41, 5.74) is 0.288. The Balaban J connectivity index is 1.64. The van der Waals surface area contributed by atoms with Gasteiger partial charge in [0.05, 0.1) is 11.0 Å². The molecule has 0 saturated heterocycles. The lowest BCUT2D eigenvalue weighted by molar-refractivity contribution is -0.147. The van der Waals surface area contributed by atoms with E-state index >= 15 is 0 Å². The number of urea groups is 1. The second-order valence-corrected chi connectivity index (χ2v) is 6.67. The van der Waals surface area contributed by atoms with Crippen LogP contribution in [0.15, 0.2) is 41.8 Å². The van der Waals surface area contributed by atoms with Crippen LogP contribution in [-0.2, 0) is 23.9 Å². The Morgan fingerprint density at radius 2 is 1.93 bits per heavy atom. The first kappa shape index (κ1) is 18.9. The number of benzene rings is 1. The molecule has 0 aliphatic carbocycles. The number of nitrogens with zero attached hydrogens (tertiary/aromatic N) is 2. The molecule has 0 spiro atoms. The normalized spacial score (nSPS) is 11.5. The van der Waals surface area contributed by atoms with Crippen LogP contribution >= 0.6 is 11.3 Å². The highest BCUT2D eigenvalue weighted by molar-refractivity contribution is 7.09. The number of halogens is 3. The number of amides is 3. The highest BCUT2D eigenvalue weighted by Crippen LogP contribution is 2.31. The van der Waals surface area contributed by atoms with Crippen molar-refractivity contribution in [2.45, 2.75) is 19.1 Å². The second kappa shape index (κ2) is 7.78. The Morgan fingerprint density at radius 1 is 1.15 bits per heavy atom. The summed E-state index contributed by atoms with van der Waals surface area (Å²) in [5, 5.41) is 6.45. The van der Waals surface area contributed by atoms with Gasteiger partial charge in [-0.3, -0.25) is 10.1 Å². The quantitative estimate of drug-likeness (QED) is 0.696. The number of nitrogens with one attached hydrogen (secondary N) is 2. The van der Waals surface area contributed by atoms with Crippen molar-refractivity contribution in [1.29, 1.82) is 0 Å². The Hall–Kier alpha value is -2.88. The molecule has 27 heavy (non-hydrogen) atoms. The van der Waals surface area contributed by atoms with E-state index in [0.717, 1.165) is 9.44 Å². The summed E-state index contributed by atoms with van der Waals surface area (Å²) in [7, 11) is 0. The van der Waals surface area contributed by atoms with Crippen LogP contribution in [0.2, 0.25) is 0 Å². The molecule has 0 aliphatic rings. The molecule has 0 bridgehead atoms. The van der Waals surface area contributed by atoms with Gasteiger partial charge < -0.3 is 9.88 Å². The molecule has 2 heterocycles. The fourth-order valence-electron chi connectivity index (χ4n) is 2.56. The van der Waals surface area contributed by atoms with E-state index < -0.39 is 30.5 Å². The molecule has 0 atom stereocenters. The lowest BCUT2D eigenvalue weighted by Gasteiger charge is -2.11. The van der Waals surface area contributed by atoms with Gasteiger partial charge in [-0.15, -0.1) is 11.3 Å². The molecular formula is C17H15F3N4O2S. The fraction of sp³-hybridized carbons (Fsp3) is 0.235. The van der Waals surface area contributed by atoms with Crippen molar-refractivity contribution >= 4 is 34.3 Å². The standard InChI is InChI=1S/C17H15F3N4O2S/c18-17(19,20)15-22-12-5-1-2-6-13(12)24(15)10-14(25)23-16(26)21-8-7-11-4-3-9-27-11/h1-6,9H,7-8,10H2,(H2,21,23,25,26). The van der Waals surface area contributed by atoms with Crippen molar-refractivity contribution in [2.75, 3.05) is 6.54 Å². The number of imide groups is 1. The summed E-state index contributed by atoms with van der Waals surface area (Å²) in [4.78, 5) is 28.4. The van der Waals surface area contributed by atoms with Crippen molar-refractivity contribution in [1.82, 2.24) is 20.2 Å². The SMILES string of the molecule is O=C(Cn1c(C(F)(F)F)nc2ccccc21)NC(=O)NCCc1cccs1. The van der Waals surface area contributed by atoms with E-state index in [1.54, 1.807) is 23.5 Å². The molecule has 2 N–H and O–H groups in total. The number of carbonyl (C=O) groups excluding carboxylic acids is 2. The Kier molecular flexibility index (Phi) is 5.45. The minimum Gasteiger partial charge on any atom is -0.337 e. The van der Waals surface area contributed by atoms with Gasteiger partial charge in [-0.2, -0.15) is 13.2 Å². The van der Waals surface area contributed by atoms with Crippen LogP contribution in [0, 0.1) is 0 Å². The molecule has 0 saturated carbocycles. The van der Waals surface area contributed by atoms with Gasteiger partial charge in [-0.05, 0) is 30.0 Å². The highest BCUT2D eigenvalue weighted by Gasteiger charge is 2.38. The number of alkyl halides is 3. The Bertz CT molecular complexity index is 951. The molecule has 10 heteroatoms. The number of hydrogen-bond acceptors (Lipinski definition) is 4. The maximum atomic E-state index is 13.2. The lowest BCUT2D eigenvalue weighted by atomic mass is 10.3. The maximum absolute atomic E-state index is 13.2. The van der Waals surface area contributed by atoms with E-state index in [1.165, 1.54) is 12.1 Å². The first-order valence-corrected chi connectivity index (χ1v) is 8.85. The number of aromatic nitrogens is 2. The maximum Gasteiger partial charge on any atom is 0.449 e. The number of imidazole rings is 1. The average molecular weight is 396 g/mol. The minimum atomic E-state index is -4.72. The highest BCUT2D eigenvalue weighted by atomic mass is 32.1. The van der Waals surface area contributed by atoms with Crippen LogP contribution in [-0.4, -0.2) is 28.0 Å². The van der Waals surface area contributed by atoms with Crippen LogP contribution < -0.4 is 10.6 Å². The zero-order valence-electron chi connectivity index (χ0n) is 13.9. The molecule has 3 aromatic rings. The number of rotatable bonds is 5. The number of thiophene rings is 1. The number of fused-ring (bicyclic) bond motifs is 1. The van der Waals surface area contributed by atoms with E-state index in [4.69, 9.17) is 0 Å². The lowest BCUT2D eigenvalue weighted by Crippen LogP contribution is -2.42. The third-order valence-corrected chi connectivity index (χ3v) is 4.64. The van der Waals surface area contributed by atoms with E-state index in [2.05, 4.69) is 10.3 Å². The van der Waals surface area contributed by atoms with Gasteiger partial charge in [-0.1, -0.05) is 18.2 Å². The van der Waals surface area contributed by atoms with Crippen molar-refractivity contribution in [3.05, 3.63) is 52.5 Å². The number of hydrogen-bond donors (Lipinski definition) is 2. The van der Waals surface area contributed by atoms with Gasteiger partial charge in [0, 0.05) is 11.4 Å². The fourth-order valence-corrected chi connectivity index (χ4v) is 3.27. The van der Waals surface area contributed by atoms with Crippen LogP contribution in [0.3, 0.4) is 0 Å². The molecule has 142 valence electrons. The van der Waals surface area contributed by atoms with Crippen molar-refractivity contribution < 1.29 is 22.8 Å². The molecule has 6 nitrogen and oxygen atoms in total. The van der Waals surface area contributed by atoms with E-state index in [0.29, 0.717) is 13.0 Å². The van der Waals surface area contributed by atoms with Crippen molar-refractivity contribution in [3.8, 4) is 0 Å². The van der Waals surface area contributed by atoms with Gasteiger partial charge in [0.25, 0.3) is 0 Å². The Morgan fingerprint density at radius 3 is 2.63 bits per heavy atom. The zero-order valence-corrected chi connectivity index (χ0v) is 14.7. The van der Waals surface area contributed by atoms with Crippen molar-refractivity contribution in [3.63, 3.8) is 0 Å². The summed E-state index contributed by atoms with van der Waals surface area (Å²) in [6.07, 6.45) is -4.12. The third kappa shape index (κ3) is 4.64. The smallest absolute Gasteiger partial charge is 0.337 e. The molecule has 3 amide bonds. The molecule has 0 aliphatic heterocycles. The molecule has 1 aromatic carbocycles. The van der Waals surface area contributed by atoms with E-state index in [9.17, 15) is 22.8 Å². The summed E-state index contributed by atoms with van der Waals surface area (Å²) in [6, 6.07) is 9.02. The molecule has 2 aromatic heterocycles. The van der Waals surface area contributed by atoms with Gasteiger partial charge in [0.1, 0.15) is 6.54 Å². The number of carbonyl (C=O) groups is 2. The molecular weight excluding hydrogens is 381 g/mol. The predicted octanol–water partition coefficient (Wildman–Crippen LogP) is 3.19. The summed E-state index contributed by atoms with van der Waals surface area (Å²) in [5.74, 6) is -2.05. The summed E-state index contributed by atoms with van der Waals surface area (Å²) >= 11 is 1.54. The molecule has 0 radical (unpaired) electrons. The monoisotopic (exact) mass is 396 g/mol. The second-order valence-electron chi connectivity index (χ2n) is 5.64. The zero-order chi connectivity index (χ0) is 19.4. The first-order valence-electron chi connectivity index (χ1n) is 7.97. The van der Waals surface area contributed by atoms with Crippen LogP contribution in [0.4, 0.5) is 18.0 Å². The van der Waals surface area contributed by atoms with Gasteiger partial charge >= 0.3 is 12.2 Å². The van der Waals surface area contributed by atoms with E-state index in [1.807, 2.05) is 22.8 Å². The largest absolute Gasteiger partial charge is 0.449 e. The van der Waals surface area contributed by atoms with Crippen LogP contribution in [0.25, 0.3) is 11.0 Å². The van der Waals surface area contributed by atoms with Gasteiger partial charge in [0.2, 0.25) is 11.7 Å². The van der Waals surface area contributed by atoms with Crippen LogP contribution in [0.1, 0.15) is 10.7 Å². The molecule has 0 fully saturated rings. The summed E-state index contributed by atoms with van der Waals surface area (Å²) in [6.45, 7) is -0.366. The first-order chi connectivity index (χ1) is 12.8. The summed E-state index contributed by atoms with van der Waals surface area (Å²) < 4.78 is 40.4. The topological polar surface area (TPSA) is 76.0 Å². The minimum absolute atomic E-state index is 0.123. The van der Waals surface area contributed by atoms with Gasteiger partial charge in [0.15, 0.2) is 0 Å². The van der Waals surface area contributed by atoms with E-state index in [-0.39, 0.29) is 11.0 Å². The van der Waals surface area contributed by atoms with Crippen molar-refractivity contribution in [2.24, 2.45) is 0 Å². The average Bonchev–Trinajstić information content (AvgIpc) is 3.23. The molecule has 3 rings (SSSR count). The molecule has 0 unspecified atom stereocenters. The Labute approximate surface area is 156 Å².